The minimum Gasteiger partial charge on any atom is -0.408 e. The molecule has 13 heavy (non-hydrogen) atoms. The normalized spacial score (nSPS) is 18.8. The molecule has 1 aliphatic rings. The predicted molar refractivity (Wildman–Crippen MR) is 46.5 cm³/mol. The Hall–Kier alpha value is -1.10. The number of hydrogen-bond donors (Lipinski definition) is 1. The van der Waals surface area contributed by atoms with Gasteiger partial charge in [-0.25, -0.2) is 0 Å². The van der Waals surface area contributed by atoms with Crippen LogP contribution >= 0.6 is 0 Å². The fourth-order valence-electron chi connectivity index (χ4n) is 1.37. The van der Waals surface area contributed by atoms with Crippen molar-refractivity contribution in [2.75, 3.05) is 18.5 Å². The van der Waals surface area contributed by atoms with Crippen molar-refractivity contribution in [3.63, 3.8) is 0 Å². The fraction of sp³-hybridized carbons (Fsp3) is 0.750. The van der Waals surface area contributed by atoms with E-state index in [1.54, 1.807) is 6.92 Å². The molecule has 1 fully saturated rings. The van der Waals surface area contributed by atoms with Crippen LogP contribution in [0.5, 0.6) is 0 Å². The third kappa shape index (κ3) is 2.18. The van der Waals surface area contributed by atoms with Gasteiger partial charge in [0.2, 0.25) is 5.89 Å². The maximum absolute atomic E-state index is 5.24. The van der Waals surface area contributed by atoms with E-state index in [2.05, 4.69) is 15.5 Å². The molecule has 1 aromatic heterocycles. The van der Waals surface area contributed by atoms with Crippen LogP contribution in [0.15, 0.2) is 4.42 Å². The van der Waals surface area contributed by atoms with Gasteiger partial charge in [-0.2, -0.15) is 0 Å². The molecule has 1 N–H and O–H groups in total. The van der Waals surface area contributed by atoms with E-state index in [-0.39, 0.29) is 0 Å². The van der Waals surface area contributed by atoms with Crippen molar-refractivity contribution in [2.24, 2.45) is 0 Å². The van der Waals surface area contributed by atoms with Crippen molar-refractivity contribution in [3.8, 4) is 0 Å². The van der Waals surface area contributed by atoms with E-state index >= 15 is 0 Å². The monoisotopic (exact) mass is 183 g/mol. The van der Waals surface area contributed by atoms with Crippen LogP contribution in [-0.4, -0.2) is 29.5 Å². The van der Waals surface area contributed by atoms with E-state index in [0.29, 0.717) is 17.9 Å². The van der Waals surface area contributed by atoms with Crippen molar-refractivity contribution < 1.29 is 9.15 Å². The molecule has 1 aromatic rings. The topological polar surface area (TPSA) is 60.2 Å². The summed E-state index contributed by atoms with van der Waals surface area (Å²) in [7, 11) is 0. The van der Waals surface area contributed by atoms with Crippen molar-refractivity contribution in [2.45, 2.75) is 25.8 Å². The number of rotatable bonds is 2. The summed E-state index contributed by atoms with van der Waals surface area (Å²) in [6, 6.07) is 0.929. The zero-order chi connectivity index (χ0) is 9.10. The number of nitrogens with one attached hydrogen (secondary N) is 1. The van der Waals surface area contributed by atoms with Crippen molar-refractivity contribution in [3.05, 3.63) is 5.89 Å². The Bertz CT molecular complexity index is 268. The average Bonchev–Trinajstić information content (AvgIpc) is 2.53. The first kappa shape index (κ1) is 8.50. The molecule has 0 atom stereocenters. The van der Waals surface area contributed by atoms with Gasteiger partial charge < -0.3 is 14.5 Å². The molecule has 5 heteroatoms. The number of nitrogens with zero attached hydrogens (tertiary/aromatic N) is 2. The highest BCUT2D eigenvalue weighted by atomic mass is 16.5. The van der Waals surface area contributed by atoms with Gasteiger partial charge >= 0.3 is 6.01 Å². The van der Waals surface area contributed by atoms with E-state index in [1.807, 2.05) is 0 Å². The Morgan fingerprint density at radius 3 is 2.69 bits per heavy atom. The number of aromatic nitrogens is 2. The molecule has 0 saturated carbocycles. The summed E-state index contributed by atoms with van der Waals surface area (Å²) in [5, 5.41) is 10.8. The third-order valence-electron chi connectivity index (χ3n) is 2.07. The van der Waals surface area contributed by atoms with E-state index in [0.717, 1.165) is 26.1 Å². The lowest BCUT2D eigenvalue weighted by Gasteiger charge is -2.21. The summed E-state index contributed by atoms with van der Waals surface area (Å²) in [4.78, 5) is 0. The predicted octanol–water partition coefficient (Wildman–Crippen LogP) is 0.969. The van der Waals surface area contributed by atoms with Gasteiger partial charge in [-0.3, -0.25) is 0 Å². The molecule has 0 bridgehead atoms. The molecule has 0 spiro atoms. The first-order valence-corrected chi connectivity index (χ1v) is 4.49. The number of aryl methyl sites for hydroxylation is 1. The van der Waals surface area contributed by atoms with Crippen LogP contribution in [0.25, 0.3) is 0 Å². The van der Waals surface area contributed by atoms with Gasteiger partial charge in [-0.15, -0.1) is 5.10 Å². The number of hydrogen-bond acceptors (Lipinski definition) is 5. The molecule has 1 saturated heterocycles. The summed E-state index contributed by atoms with van der Waals surface area (Å²) in [6.45, 7) is 3.40. The number of ether oxygens (including phenoxy) is 1. The van der Waals surface area contributed by atoms with E-state index in [9.17, 15) is 0 Å². The lowest BCUT2D eigenvalue weighted by atomic mass is 10.1. The molecule has 72 valence electrons. The minimum absolute atomic E-state index is 0.411. The van der Waals surface area contributed by atoms with Gasteiger partial charge in [0.05, 0.1) is 0 Å². The third-order valence-corrected chi connectivity index (χ3v) is 2.07. The molecule has 0 unspecified atom stereocenters. The molecule has 1 aliphatic heterocycles. The average molecular weight is 183 g/mol. The summed E-state index contributed by atoms with van der Waals surface area (Å²) in [6.07, 6.45) is 2.00. The maximum Gasteiger partial charge on any atom is 0.315 e. The highest BCUT2D eigenvalue weighted by Crippen LogP contribution is 2.13. The highest BCUT2D eigenvalue weighted by molar-refractivity contribution is 5.19. The van der Waals surface area contributed by atoms with E-state index in [1.165, 1.54) is 0 Å². The molecule has 5 nitrogen and oxygen atoms in total. The lowest BCUT2D eigenvalue weighted by molar-refractivity contribution is 0.0899. The molecule has 0 aromatic carbocycles. The SMILES string of the molecule is Cc1nnc(NC2CCOCC2)o1. The molecule has 2 rings (SSSR count). The molecule has 0 aliphatic carbocycles. The zero-order valence-electron chi connectivity index (χ0n) is 7.62. The Labute approximate surface area is 76.5 Å². The van der Waals surface area contributed by atoms with Gasteiger partial charge in [0.25, 0.3) is 0 Å². The second-order valence-electron chi connectivity index (χ2n) is 3.16. The van der Waals surface area contributed by atoms with Crippen LogP contribution in [0, 0.1) is 6.92 Å². The smallest absolute Gasteiger partial charge is 0.315 e. The summed E-state index contributed by atoms with van der Waals surface area (Å²) in [5.41, 5.74) is 0. The largest absolute Gasteiger partial charge is 0.408 e. The first-order chi connectivity index (χ1) is 6.34. The van der Waals surface area contributed by atoms with Crippen LogP contribution in [0.3, 0.4) is 0 Å². The summed E-state index contributed by atoms with van der Waals surface area (Å²) >= 11 is 0. The van der Waals surface area contributed by atoms with Crippen LogP contribution in [0.1, 0.15) is 18.7 Å². The minimum atomic E-state index is 0.411. The van der Waals surface area contributed by atoms with Gasteiger partial charge in [-0.1, -0.05) is 5.10 Å². The van der Waals surface area contributed by atoms with Crippen LogP contribution in [-0.2, 0) is 4.74 Å². The van der Waals surface area contributed by atoms with Crippen LogP contribution < -0.4 is 5.32 Å². The Morgan fingerprint density at radius 2 is 2.08 bits per heavy atom. The lowest BCUT2D eigenvalue weighted by Crippen LogP contribution is -2.27. The summed E-state index contributed by atoms with van der Waals surface area (Å²) in [5.74, 6) is 0.592. The van der Waals surface area contributed by atoms with Gasteiger partial charge in [0.1, 0.15) is 0 Å². The second kappa shape index (κ2) is 3.74. The molecular weight excluding hydrogens is 170 g/mol. The maximum atomic E-state index is 5.24. The fourth-order valence-corrected chi connectivity index (χ4v) is 1.37. The molecule has 2 heterocycles. The van der Waals surface area contributed by atoms with Crippen LogP contribution in [0.4, 0.5) is 6.01 Å². The Kier molecular flexibility index (Phi) is 2.44. The second-order valence-corrected chi connectivity index (χ2v) is 3.16. The zero-order valence-corrected chi connectivity index (χ0v) is 7.62. The summed E-state index contributed by atoms with van der Waals surface area (Å²) < 4.78 is 10.4. The number of anilines is 1. The van der Waals surface area contributed by atoms with Crippen molar-refractivity contribution >= 4 is 6.01 Å². The van der Waals surface area contributed by atoms with Crippen molar-refractivity contribution in [1.29, 1.82) is 0 Å². The van der Waals surface area contributed by atoms with Crippen molar-refractivity contribution in [1.82, 2.24) is 10.2 Å². The van der Waals surface area contributed by atoms with E-state index < -0.39 is 0 Å². The van der Waals surface area contributed by atoms with Crippen LogP contribution in [0.2, 0.25) is 0 Å². The Balaban J connectivity index is 1.89. The standard InChI is InChI=1S/C8H13N3O2/c1-6-10-11-8(13-6)9-7-2-4-12-5-3-7/h7H,2-5H2,1H3,(H,9,11). The van der Waals surface area contributed by atoms with Gasteiger partial charge in [0, 0.05) is 26.2 Å². The highest BCUT2D eigenvalue weighted by Gasteiger charge is 2.15. The quantitative estimate of drug-likeness (QED) is 0.740. The molecule has 0 radical (unpaired) electrons. The van der Waals surface area contributed by atoms with Gasteiger partial charge in [0.15, 0.2) is 0 Å². The molecule has 0 amide bonds. The first-order valence-electron chi connectivity index (χ1n) is 4.49. The van der Waals surface area contributed by atoms with Gasteiger partial charge in [-0.05, 0) is 12.8 Å². The Morgan fingerprint density at radius 1 is 1.31 bits per heavy atom. The van der Waals surface area contributed by atoms with E-state index in [4.69, 9.17) is 9.15 Å². The molecular formula is C8H13N3O2.